The first-order valence-electron chi connectivity index (χ1n) is 6.32. The summed E-state index contributed by atoms with van der Waals surface area (Å²) < 4.78 is 1.77. The first-order chi connectivity index (χ1) is 8.24. The van der Waals surface area contributed by atoms with Crippen molar-refractivity contribution in [1.82, 2.24) is 20.4 Å². The maximum Gasteiger partial charge on any atom is 0.269 e. The monoisotopic (exact) mass is 236 g/mol. The normalized spacial score (nSPS) is 19.5. The molecule has 2 rings (SSSR count). The van der Waals surface area contributed by atoms with Gasteiger partial charge >= 0.3 is 0 Å². The molecule has 94 valence electrons. The summed E-state index contributed by atoms with van der Waals surface area (Å²) in [5.41, 5.74) is 1.65. The Kier molecular flexibility index (Phi) is 3.78. The first kappa shape index (κ1) is 12.1. The van der Waals surface area contributed by atoms with Crippen molar-refractivity contribution in [2.24, 2.45) is 0 Å². The van der Waals surface area contributed by atoms with Gasteiger partial charge in [-0.1, -0.05) is 6.92 Å². The molecule has 5 nitrogen and oxygen atoms in total. The van der Waals surface area contributed by atoms with Crippen LogP contribution in [-0.4, -0.2) is 34.8 Å². The van der Waals surface area contributed by atoms with Gasteiger partial charge in [0.2, 0.25) is 0 Å². The molecule has 0 bridgehead atoms. The number of rotatable bonds is 4. The average Bonchev–Trinajstić information content (AvgIpc) is 2.96. The number of carbonyl (C=O) groups excluding carboxylic acids is 1. The fraction of sp³-hybridized carbons (Fsp3) is 0.667. The number of carbonyl (C=O) groups is 1. The Hall–Kier alpha value is -1.36. The van der Waals surface area contributed by atoms with Gasteiger partial charge in [-0.25, -0.2) is 0 Å². The van der Waals surface area contributed by atoms with Crippen molar-refractivity contribution in [3.8, 4) is 0 Å². The van der Waals surface area contributed by atoms with Crippen LogP contribution in [0.2, 0.25) is 0 Å². The molecule has 0 saturated carbocycles. The number of aryl methyl sites for hydroxylation is 2. The van der Waals surface area contributed by atoms with E-state index in [1.807, 2.05) is 19.9 Å². The van der Waals surface area contributed by atoms with Crippen LogP contribution in [0, 0.1) is 0 Å². The first-order valence-corrected chi connectivity index (χ1v) is 6.32. The van der Waals surface area contributed by atoms with Gasteiger partial charge < -0.3 is 10.6 Å². The SMILES string of the molecule is CCc1cc(C(=O)N[C@@H]2CCNC2)n(CC)n1. The number of nitrogens with zero attached hydrogens (tertiary/aromatic N) is 2. The summed E-state index contributed by atoms with van der Waals surface area (Å²) in [4.78, 5) is 12.1. The van der Waals surface area contributed by atoms with Crippen molar-refractivity contribution in [1.29, 1.82) is 0 Å². The molecule has 0 spiro atoms. The third-order valence-electron chi connectivity index (χ3n) is 3.12. The molecule has 2 heterocycles. The minimum atomic E-state index is -0.00671. The van der Waals surface area contributed by atoms with Gasteiger partial charge in [-0.3, -0.25) is 9.48 Å². The Balaban J connectivity index is 2.08. The van der Waals surface area contributed by atoms with Crippen molar-refractivity contribution in [2.45, 2.75) is 39.3 Å². The molecule has 0 aromatic carbocycles. The van der Waals surface area contributed by atoms with E-state index in [1.54, 1.807) is 4.68 Å². The summed E-state index contributed by atoms with van der Waals surface area (Å²) in [5.74, 6) is -0.00671. The standard InChI is InChI=1S/C12H20N4O/c1-3-9-7-11(16(4-2)15-9)12(17)14-10-5-6-13-8-10/h7,10,13H,3-6,8H2,1-2H3,(H,14,17)/t10-/m1/s1. The predicted octanol–water partition coefficient (Wildman–Crippen LogP) is 0.557. The Morgan fingerprint density at radius 2 is 2.47 bits per heavy atom. The van der Waals surface area contributed by atoms with Gasteiger partial charge in [-0.15, -0.1) is 0 Å². The summed E-state index contributed by atoms with van der Waals surface area (Å²) in [7, 11) is 0. The largest absolute Gasteiger partial charge is 0.347 e. The van der Waals surface area contributed by atoms with Crippen LogP contribution in [0.3, 0.4) is 0 Å². The highest BCUT2D eigenvalue weighted by Gasteiger charge is 2.20. The second kappa shape index (κ2) is 5.31. The molecule has 0 unspecified atom stereocenters. The maximum atomic E-state index is 12.1. The van der Waals surface area contributed by atoms with E-state index in [0.717, 1.165) is 38.2 Å². The van der Waals surface area contributed by atoms with Crippen LogP contribution < -0.4 is 10.6 Å². The molecule has 0 radical (unpaired) electrons. The predicted molar refractivity (Wildman–Crippen MR) is 66.0 cm³/mol. The fourth-order valence-corrected chi connectivity index (χ4v) is 2.10. The van der Waals surface area contributed by atoms with E-state index in [0.29, 0.717) is 5.69 Å². The van der Waals surface area contributed by atoms with E-state index in [9.17, 15) is 4.79 Å². The molecule has 0 aliphatic carbocycles. The molecule has 1 atom stereocenters. The molecule has 17 heavy (non-hydrogen) atoms. The number of nitrogens with one attached hydrogen (secondary N) is 2. The van der Waals surface area contributed by atoms with E-state index in [-0.39, 0.29) is 11.9 Å². The van der Waals surface area contributed by atoms with Crippen LogP contribution >= 0.6 is 0 Å². The fourth-order valence-electron chi connectivity index (χ4n) is 2.10. The molecular weight excluding hydrogens is 216 g/mol. The maximum absolute atomic E-state index is 12.1. The lowest BCUT2D eigenvalue weighted by atomic mass is 10.2. The molecule has 1 saturated heterocycles. The summed E-state index contributed by atoms with van der Waals surface area (Å²) in [5, 5.41) is 10.7. The molecule has 2 N–H and O–H groups in total. The van der Waals surface area contributed by atoms with E-state index in [4.69, 9.17) is 0 Å². The van der Waals surface area contributed by atoms with Crippen molar-refractivity contribution in [3.05, 3.63) is 17.5 Å². The molecule has 1 aliphatic heterocycles. The van der Waals surface area contributed by atoms with Crippen LogP contribution in [0.25, 0.3) is 0 Å². The number of hydrogen-bond acceptors (Lipinski definition) is 3. The van der Waals surface area contributed by atoms with Crippen LogP contribution in [0.15, 0.2) is 6.07 Å². The smallest absolute Gasteiger partial charge is 0.269 e. The van der Waals surface area contributed by atoms with Crippen molar-refractivity contribution in [3.63, 3.8) is 0 Å². The van der Waals surface area contributed by atoms with Crippen LogP contribution in [0.4, 0.5) is 0 Å². The lowest BCUT2D eigenvalue weighted by Crippen LogP contribution is -2.37. The molecule has 1 aromatic heterocycles. The Morgan fingerprint density at radius 3 is 3.06 bits per heavy atom. The van der Waals surface area contributed by atoms with Gasteiger partial charge in [0.1, 0.15) is 5.69 Å². The van der Waals surface area contributed by atoms with Gasteiger partial charge in [0.25, 0.3) is 5.91 Å². The van der Waals surface area contributed by atoms with Crippen molar-refractivity contribution in [2.75, 3.05) is 13.1 Å². The van der Waals surface area contributed by atoms with Crippen LogP contribution in [0.1, 0.15) is 36.5 Å². The zero-order chi connectivity index (χ0) is 12.3. The van der Waals surface area contributed by atoms with E-state index < -0.39 is 0 Å². The third-order valence-corrected chi connectivity index (χ3v) is 3.12. The van der Waals surface area contributed by atoms with E-state index in [1.165, 1.54) is 0 Å². The highest BCUT2D eigenvalue weighted by molar-refractivity contribution is 5.92. The molecule has 5 heteroatoms. The lowest BCUT2D eigenvalue weighted by Gasteiger charge is -2.11. The zero-order valence-electron chi connectivity index (χ0n) is 10.5. The summed E-state index contributed by atoms with van der Waals surface area (Å²) in [6.45, 7) is 6.63. The average molecular weight is 236 g/mol. The van der Waals surface area contributed by atoms with Gasteiger partial charge in [0.15, 0.2) is 0 Å². The molecule has 1 amide bonds. The van der Waals surface area contributed by atoms with Crippen molar-refractivity contribution >= 4 is 5.91 Å². The van der Waals surface area contributed by atoms with Gasteiger partial charge in [-0.05, 0) is 32.4 Å². The topological polar surface area (TPSA) is 59.0 Å². The molecular formula is C12H20N4O. The highest BCUT2D eigenvalue weighted by Crippen LogP contribution is 2.07. The second-order valence-corrected chi connectivity index (χ2v) is 4.35. The van der Waals surface area contributed by atoms with Crippen molar-refractivity contribution < 1.29 is 4.79 Å². The van der Waals surface area contributed by atoms with Gasteiger partial charge in [0, 0.05) is 19.1 Å². The molecule has 1 fully saturated rings. The summed E-state index contributed by atoms with van der Waals surface area (Å²) in [6.07, 6.45) is 1.87. The number of aromatic nitrogens is 2. The number of amides is 1. The minimum absolute atomic E-state index is 0.00671. The minimum Gasteiger partial charge on any atom is -0.347 e. The molecule has 1 aliphatic rings. The lowest BCUT2D eigenvalue weighted by molar-refractivity contribution is 0.0929. The molecule has 1 aromatic rings. The zero-order valence-corrected chi connectivity index (χ0v) is 10.5. The summed E-state index contributed by atoms with van der Waals surface area (Å²) >= 11 is 0. The summed E-state index contributed by atoms with van der Waals surface area (Å²) in [6, 6.07) is 2.15. The van der Waals surface area contributed by atoms with E-state index in [2.05, 4.69) is 15.7 Å². The van der Waals surface area contributed by atoms with Gasteiger partial charge in [0.05, 0.1) is 5.69 Å². The Morgan fingerprint density at radius 1 is 1.65 bits per heavy atom. The Bertz CT molecular complexity index is 393. The van der Waals surface area contributed by atoms with Gasteiger partial charge in [-0.2, -0.15) is 5.10 Å². The quantitative estimate of drug-likeness (QED) is 0.803. The van der Waals surface area contributed by atoms with E-state index >= 15 is 0 Å². The Labute approximate surface area is 102 Å². The number of hydrogen-bond donors (Lipinski definition) is 2. The second-order valence-electron chi connectivity index (χ2n) is 4.35. The highest BCUT2D eigenvalue weighted by atomic mass is 16.2. The van der Waals surface area contributed by atoms with Crippen LogP contribution in [-0.2, 0) is 13.0 Å². The third kappa shape index (κ3) is 2.66. The van der Waals surface area contributed by atoms with Crippen LogP contribution in [0.5, 0.6) is 0 Å².